The third-order valence-electron chi connectivity index (χ3n) is 4.07. The zero-order chi connectivity index (χ0) is 15.4. The van der Waals surface area contributed by atoms with Gasteiger partial charge in [0.2, 0.25) is 0 Å². The lowest BCUT2D eigenvalue weighted by Gasteiger charge is -2.40. The van der Waals surface area contributed by atoms with Crippen LogP contribution in [0.4, 0.5) is 4.79 Å². The predicted molar refractivity (Wildman–Crippen MR) is 80.8 cm³/mol. The maximum atomic E-state index is 12.1. The number of alkyl carbamates (subject to hydrolysis) is 1. The molecule has 1 N–H and O–H groups in total. The first kappa shape index (κ1) is 17.3. The monoisotopic (exact) mass is 285 g/mol. The van der Waals surface area contributed by atoms with E-state index in [1.165, 1.54) is 19.3 Å². The van der Waals surface area contributed by atoms with Gasteiger partial charge in [-0.15, -0.1) is 0 Å². The number of nitrogens with one attached hydrogen (secondary N) is 1. The Labute approximate surface area is 123 Å². The molecule has 1 amide bonds. The van der Waals surface area contributed by atoms with Gasteiger partial charge in [-0.2, -0.15) is 0 Å². The van der Waals surface area contributed by atoms with E-state index in [0.717, 1.165) is 12.8 Å². The third-order valence-corrected chi connectivity index (χ3v) is 4.07. The van der Waals surface area contributed by atoms with Crippen LogP contribution in [0.3, 0.4) is 0 Å². The van der Waals surface area contributed by atoms with Crippen molar-refractivity contribution in [3.63, 3.8) is 0 Å². The summed E-state index contributed by atoms with van der Waals surface area (Å²) in [6.07, 6.45) is 5.70. The average molecular weight is 285 g/mol. The van der Waals surface area contributed by atoms with Crippen molar-refractivity contribution < 1.29 is 14.3 Å². The molecule has 0 aromatic carbocycles. The Morgan fingerprint density at radius 3 is 2.10 bits per heavy atom. The zero-order valence-corrected chi connectivity index (χ0v) is 13.9. The Balaban J connectivity index is 2.75. The van der Waals surface area contributed by atoms with Gasteiger partial charge in [-0.25, -0.2) is 4.79 Å². The molecule has 1 saturated carbocycles. The molecule has 0 aromatic heterocycles. The van der Waals surface area contributed by atoms with Gasteiger partial charge in [0, 0.05) is 7.11 Å². The smallest absolute Gasteiger partial charge is 0.407 e. The van der Waals surface area contributed by atoms with Crippen LogP contribution in [0.25, 0.3) is 0 Å². The second-order valence-electron chi connectivity index (χ2n) is 7.33. The number of methoxy groups -OCH3 is 1. The number of rotatable bonds is 4. The maximum absolute atomic E-state index is 12.1. The number of carbonyl (C=O) groups excluding carboxylic acids is 1. The molecule has 0 spiro atoms. The van der Waals surface area contributed by atoms with Crippen molar-refractivity contribution in [2.75, 3.05) is 7.11 Å². The molecule has 0 heterocycles. The minimum Gasteiger partial charge on any atom is -0.444 e. The third kappa shape index (κ3) is 5.31. The van der Waals surface area contributed by atoms with E-state index in [0.29, 0.717) is 5.92 Å². The van der Waals surface area contributed by atoms with Gasteiger partial charge in [-0.05, 0) is 53.4 Å². The molecule has 0 radical (unpaired) electrons. The topological polar surface area (TPSA) is 47.6 Å². The van der Waals surface area contributed by atoms with Gasteiger partial charge in [0.05, 0.1) is 11.6 Å². The highest BCUT2D eigenvalue weighted by Gasteiger charge is 2.38. The molecule has 0 aromatic rings. The highest BCUT2D eigenvalue weighted by molar-refractivity contribution is 5.68. The van der Waals surface area contributed by atoms with E-state index in [1.807, 2.05) is 34.6 Å². The minimum atomic E-state index is -0.474. The standard InChI is InChI=1S/C16H31NO3/c1-15(2,3)20-14(18)17-13(16(4,5)19-6)12-10-8-7-9-11-12/h12-13H,7-11H2,1-6H3,(H,17,18). The maximum Gasteiger partial charge on any atom is 0.407 e. The summed E-state index contributed by atoms with van der Waals surface area (Å²) >= 11 is 0. The molecule has 1 atom stereocenters. The molecule has 118 valence electrons. The largest absolute Gasteiger partial charge is 0.444 e. The first-order valence-electron chi connectivity index (χ1n) is 7.70. The van der Waals surface area contributed by atoms with Gasteiger partial charge in [0.25, 0.3) is 0 Å². The van der Waals surface area contributed by atoms with Crippen molar-refractivity contribution in [1.82, 2.24) is 5.32 Å². The number of ether oxygens (including phenoxy) is 2. The van der Waals surface area contributed by atoms with Crippen molar-refractivity contribution in [2.45, 2.75) is 84.0 Å². The molecule has 4 heteroatoms. The molecule has 0 bridgehead atoms. The Kier molecular flexibility index (Phi) is 5.87. The Bertz CT molecular complexity index is 314. The van der Waals surface area contributed by atoms with Crippen LogP contribution in [-0.4, -0.2) is 30.4 Å². The van der Waals surface area contributed by atoms with Crippen molar-refractivity contribution in [3.05, 3.63) is 0 Å². The molecular weight excluding hydrogens is 254 g/mol. The summed E-state index contributed by atoms with van der Waals surface area (Å²) in [6, 6.07) is -0.0114. The number of carbonyl (C=O) groups is 1. The summed E-state index contributed by atoms with van der Waals surface area (Å²) in [5.74, 6) is 0.464. The Morgan fingerprint density at radius 2 is 1.65 bits per heavy atom. The second kappa shape index (κ2) is 6.79. The van der Waals surface area contributed by atoms with Crippen LogP contribution in [-0.2, 0) is 9.47 Å². The molecule has 4 nitrogen and oxygen atoms in total. The lowest BCUT2D eigenvalue weighted by Crippen LogP contribution is -2.55. The molecule has 1 fully saturated rings. The highest BCUT2D eigenvalue weighted by atomic mass is 16.6. The van der Waals surface area contributed by atoms with Crippen LogP contribution in [0.5, 0.6) is 0 Å². The fourth-order valence-electron chi connectivity index (χ4n) is 2.89. The van der Waals surface area contributed by atoms with Crippen molar-refractivity contribution in [2.24, 2.45) is 5.92 Å². The van der Waals surface area contributed by atoms with Crippen LogP contribution in [0.1, 0.15) is 66.7 Å². The molecule has 1 aliphatic carbocycles. The summed E-state index contributed by atoms with van der Waals surface area (Å²) < 4.78 is 11.0. The van der Waals surface area contributed by atoms with Crippen LogP contribution in [0, 0.1) is 5.92 Å². The van der Waals surface area contributed by atoms with Gasteiger partial charge in [-0.3, -0.25) is 0 Å². The molecule has 20 heavy (non-hydrogen) atoms. The molecule has 1 rings (SSSR count). The van der Waals surface area contributed by atoms with Crippen LogP contribution in [0.2, 0.25) is 0 Å². The fraction of sp³-hybridized carbons (Fsp3) is 0.938. The van der Waals surface area contributed by atoms with Crippen LogP contribution < -0.4 is 5.32 Å². The molecular formula is C16H31NO3. The van der Waals surface area contributed by atoms with Gasteiger partial charge in [-0.1, -0.05) is 19.3 Å². The Hall–Kier alpha value is -0.770. The number of amides is 1. The average Bonchev–Trinajstić information content (AvgIpc) is 2.35. The van der Waals surface area contributed by atoms with E-state index in [4.69, 9.17) is 9.47 Å². The normalized spacial score (nSPS) is 19.5. The lowest BCUT2D eigenvalue weighted by atomic mass is 9.78. The molecule has 1 aliphatic rings. The summed E-state index contributed by atoms with van der Waals surface area (Å²) in [6.45, 7) is 9.70. The van der Waals surface area contributed by atoms with E-state index in [2.05, 4.69) is 5.32 Å². The van der Waals surface area contributed by atoms with Crippen molar-refractivity contribution in [1.29, 1.82) is 0 Å². The van der Waals surface area contributed by atoms with Gasteiger partial charge in [0.1, 0.15) is 5.60 Å². The summed E-state index contributed by atoms with van der Waals surface area (Å²) in [4.78, 5) is 12.1. The van der Waals surface area contributed by atoms with Gasteiger partial charge < -0.3 is 14.8 Å². The van der Waals surface area contributed by atoms with Gasteiger partial charge in [0.15, 0.2) is 0 Å². The number of hydrogen-bond acceptors (Lipinski definition) is 3. The summed E-state index contributed by atoms with van der Waals surface area (Å²) in [7, 11) is 1.70. The first-order valence-corrected chi connectivity index (χ1v) is 7.70. The van der Waals surface area contributed by atoms with E-state index < -0.39 is 5.60 Å². The highest BCUT2D eigenvalue weighted by Crippen LogP contribution is 2.32. The van der Waals surface area contributed by atoms with E-state index in [-0.39, 0.29) is 17.7 Å². The van der Waals surface area contributed by atoms with Crippen LogP contribution in [0.15, 0.2) is 0 Å². The van der Waals surface area contributed by atoms with E-state index >= 15 is 0 Å². The molecule has 1 unspecified atom stereocenters. The van der Waals surface area contributed by atoms with Crippen molar-refractivity contribution >= 4 is 6.09 Å². The first-order chi connectivity index (χ1) is 9.15. The summed E-state index contributed by atoms with van der Waals surface area (Å²) in [5.41, 5.74) is -0.864. The predicted octanol–water partition coefficient (Wildman–Crippen LogP) is 3.89. The second-order valence-corrected chi connectivity index (χ2v) is 7.33. The molecule has 0 saturated heterocycles. The zero-order valence-electron chi connectivity index (χ0n) is 13.9. The SMILES string of the molecule is COC(C)(C)C(NC(=O)OC(C)(C)C)C1CCCCC1. The van der Waals surface area contributed by atoms with E-state index in [9.17, 15) is 4.79 Å². The Morgan fingerprint density at radius 1 is 1.10 bits per heavy atom. The lowest BCUT2D eigenvalue weighted by molar-refractivity contribution is -0.0370. The number of hydrogen-bond donors (Lipinski definition) is 1. The van der Waals surface area contributed by atoms with Crippen LogP contribution >= 0.6 is 0 Å². The quantitative estimate of drug-likeness (QED) is 0.852. The van der Waals surface area contributed by atoms with Crippen molar-refractivity contribution in [3.8, 4) is 0 Å². The van der Waals surface area contributed by atoms with Gasteiger partial charge >= 0.3 is 6.09 Å². The van der Waals surface area contributed by atoms with E-state index in [1.54, 1.807) is 7.11 Å². The summed E-state index contributed by atoms with van der Waals surface area (Å²) in [5, 5.41) is 3.05. The minimum absolute atomic E-state index is 0.0114. The fourth-order valence-corrected chi connectivity index (χ4v) is 2.89. The molecule has 0 aliphatic heterocycles.